The van der Waals surface area contributed by atoms with Crippen molar-refractivity contribution in [1.29, 1.82) is 5.53 Å². The molecule has 2 amide bonds. The van der Waals surface area contributed by atoms with Gasteiger partial charge in [-0.15, -0.1) is 0 Å². The second kappa shape index (κ2) is 10.7. The van der Waals surface area contributed by atoms with Crippen LogP contribution in [-0.4, -0.2) is 28.9 Å². The molecule has 1 fully saturated rings. The molecule has 10 heteroatoms. The molecule has 1 aromatic carbocycles. The second-order valence-electron chi connectivity index (χ2n) is 8.56. The largest absolute Gasteiger partial charge is 0.381 e. The monoisotopic (exact) mass is 474 g/mol. The highest BCUT2D eigenvalue weighted by Gasteiger charge is 2.28. The topological polar surface area (TPSA) is 119 Å². The lowest BCUT2D eigenvalue weighted by Gasteiger charge is -2.28. The maximum atomic E-state index is 14.6. The molecule has 3 rings (SSSR count). The van der Waals surface area contributed by atoms with Crippen molar-refractivity contribution >= 4 is 40.6 Å². The molecule has 1 aromatic heterocycles. The third-order valence-corrected chi connectivity index (χ3v) is 5.79. The van der Waals surface area contributed by atoms with Gasteiger partial charge in [0.05, 0.1) is 10.7 Å². The number of carbonyl (C=O) groups excluding carboxylic acids is 2. The summed E-state index contributed by atoms with van der Waals surface area (Å²) in [5.41, 5.74) is 8.53. The van der Waals surface area contributed by atoms with E-state index in [0.29, 0.717) is 34.1 Å². The minimum Gasteiger partial charge on any atom is -0.381 e. The van der Waals surface area contributed by atoms with E-state index in [-0.39, 0.29) is 35.5 Å². The van der Waals surface area contributed by atoms with Gasteiger partial charge in [0, 0.05) is 36.7 Å². The molecule has 176 valence electrons. The van der Waals surface area contributed by atoms with E-state index in [1.165, 1.54) is 19.2 Å². The fourth-order valence-corrected chi connectivity index (χ4v) is 4.30. The Kier molecular flexibility index (Phi) is 7.97. The van der Waals surface area contributed by atoms with Crippen LogP contribution >= 0.6 is 11.6 Å². The first-order chi connectivity index (χ1) is 15.7. The Morgan fingerprint density at radius 1 is 1.27 bits per heavy atom. The quantitative estimate of drug-likeness (QED) is 0.387. The highest BCUT2D eigenvalue weighted by atomic mass is 35.5. The van der Waals surface area contributed by atoms with Crippen LogP contribution in [0.3, 0.4) is 0 Å². The van der Waals surface area contributed by atoms with Crippen LogP contribution in [0.15, 0.2) is 29.5 Å². The van der Waals surface area contributed by atoms with Crippen molar-refractivity contribution in [3.05, 3.63) is 35.2 Å². The van der Waals surface area contributed by atoms with Crippen molar-refractivity contribution in [1.82, 2.24) is 10.3 Å². The summed E-state index contributed by atoms with van der Waals surface area (Å²) in [5, 5.41) is 12.4. The first kappa shape index (κ1) is 24.6. The van der Waals surface area contributed by atoms with Gasteiger partial charge in [-0.25, -0.2) is 14.9 Å². The number of hydrogen-bond acceptors (Lipinski definition) is 6. The molecule has 1 heterocycles. The van der Waals surface area contributed by atoms with Crippen molar-refractivity contribution in [2.24, 2.45) is 11.0 Å². The van der Waals surface area contributed by atoms with Gasteiger partial charge in [-0.1, -0.05) is 18.0 Å². The molecule has 0 unspecified atom stereocenters. The lowest BCUT2D eigenvalue weighted by Crippen LogP contribution is -2.40. The second-order valence-corrected chi connectivity index (χ2v) is 8.97. The van der Waals surface area contributed by atoms with Crippen molar-refractivity contribution < 1.29 is 14.0 Å². The maximum Gasteiger partial charge on any atom is 0.228 e. The molecule has 0 bridgehead atoms. The first-order valence-corrected chi connectivity index (χ1v) is 11.3. The maximum absolute atomic E-state index is 14.6. The lowest BCUT2D eigenvalue weighted by atomic mass is 9.85. The number of benzene rings is 1. The Morgan fingerprint density at radius 2 is 2.03 bits per heavy atom. The zero-order valence-corrected chi connectivity index (χ0v) is 19.6. The van der Waals surface area contributed by atoms with Gasteiger partial charge in [0.1, 0.15) is 11.5 Å². The SMILES string of the molecule is CC(=O)N[C@@H]1CCC[C@H](C(=O)Nc2cc(-c3cc(F)c(N=N)c(NC(C)C)c3)c(Cl)cn2)C1. The van der Waals surface area contributed by atoms with E-state index < -0.39 is 5.82 Å². The van der Waals surface area contributed by atoms with Crippen molar-refractivity contribution in [3.8, 4) is 11.1 Å². The fraction of sp³-hybridized carbons (Fsp3) is 0.435. The number of amides is 2. The summed E-state index contributed by atoms with van der Waals surface area (Å²) in [5.74, 6) is -0.881. The van der Waals surface area contributed by atoms with Crippen LogP contribution in [0.2, 0.25) is 5.02 Å². The van der Waals surface area contributed by atoms with Gasteiger partial charge in [-0.2, -0.15) is 5.11 Å². The molecule has 0 aliphatic heterocycles. The molecule has 0 spiro atoms. The van der Waals surface area contributed by atoms with Gasteiger partial charge in [0.15, 0.2) is 5.82 Å². The smallest absolute Gasteiger partial charge is 0.228 e. The Hall–Kier alpha value is -3.07. The zero-order chi connectivity index (χ0) is 24.1. The highest BCUT2D eigenvalue weighted by Crippen LogP contribution is 2.37. The van der Waals surface area contributed by atoms with Gasteiger partial charge >= 0.3 is 0 Å². The predicted molar refractivity (Wildman–Crippen MR) is 126 cm³/mol. The standard InChI is InChI=1S/C23H28ClFN6O2/c1-12(2)28-20-9-15(8-19(25)22(20)31-26)17-10-21(27-11-18(17)24)30-23(33)14-5-4-6-16(7-14)29-13(3)32/h8-12,14,16,26,28H,4-7H2,1-3H3,(H,29,32)(H,27,30,33)/t14-,16+/m0/s1. The molecule has 2 aromatic rings. The van der Waals surface area contributed by atoms with Crippen molar-refractivity contribution in [2.45, 2.75) is 58.5 Å². The molecule has 33 heavy (non-hydrogen) atoms. The number of rotatable bonds is 7. The molecule has 2 atom stereocenters. The molecular weight excluding hydrogens is 447 g/mol. The summed E-state index contributed by atoms with van der Waals surface area (Å²) in [6.07, 6.45) is 4.41. The number of aromatic nitrogens is 1. The number of carbonyl (C=O) groups is 2. The van der Waals surface area contributed by atoms with Crippen molar-refractivity contribution in [3.63, 3.8) is 0 Å². The third kappa shape index (κ3) is 6.25. The van der Waals surface area contributed by atoms with Gasteiger partial charge in [0.25, 0.3) is 0 Å². The van der Waals surface area contributed by atoms with Crippen molar-refractivity contribution in [2.75, 3.05) is 10.6 Å². The molecule has 0 saturated heterocycles. The predicted octanol–water partition coefficient (Wildman–Crippen LogP) is 5.66. The summed E-state index contributed by atoms with van der Waals surface area (Å²) in [7, 11) is 0. The van der Waals surface area contributed by atoms with E-state index in [0.717, 1.165) is 19.3 Å². The van der Waals surface area contributed by atoms with E-state index in [4.69, 9.17) is 17.1 Å². The molecule has 1 aliphatic carbocycles. The molecule has 0 radical (unpaired) electrons. The Morgan fingerprint density at radius 3 is 2.70 bits per heavy atom. The number of nitrogens with one attached hydrogen (secondary N) is 4. The van der Waals surface area contributed by atoms with Crippen LogP contribution in [0.25, 0.3) is 11.1 Å². The molecule has 4 N–H and O–H groups in total. The zero-order valence-electron chi connectivity index (χ0n) is 18.8. The van der Waals surface area contributed by atoms with Crippen LogP contribution in [-0.2, 0) is 9.59 Å². The Balaban J connectivity index is 1.84. The van der Waals surface area contributed by atoms with Gasteiger partial charge < -0.3 is 16.0 Å². The highest BCUT2D eigenvalue weighted by molar-refractivity contribution is 6.33. The Labute approximate surface area is 197 Å². The van der Waals surface area contributed by atoms with Crippen LogP contribution < -0.4 is 16.0 Å². The van der Waals surface area contributed by atoms with E-state index in [9.17, 15) is 14.0 Å². The molecule has 8 nitrogen and oxygen atoms in total. The number of anilines is 2. The van der Waals surface area contributed by atoms with E-state index >= 15 is 0 Å². The molecule has 1 saturated carbocycles. The van der Waals surface area contributed by atoms with Crippen LogP contribution in [0.4, 0.5) is 21.6 Å². The minimum atomic E-state index is -0.657. The molecule has 1 aliphatic rings. The number of halogens is 2. The normalized spacial score (nSPS) is 18.0. The number of hydrogen-bond donors (Lipinski definition) is 4. The lowest BCUT2D eigenvalue weighted by molar-refractivity contribution is -0.123. The van der Waals surface area contributed by atoms with E-state index in [1.807, 2.05) is 13.8 Å². The minimum absolute atomic E-state index is 0.000257. The van der Waals surface area contributed by atoms with Gasteiger partial charge in [0.2, 0.25) is 11.8 Å². The average Bonchev–Trinajstić information content (AvgIpc) is 2.74. The van der Waals surface area contributed by atoms with Crippen LogP contribution in [0.1, 0.15) is 46.5 Å². The molecular formula is C23H28ClFN6O2. The fourth-order valence-electron chi connectivity index (χ4n) is 4.09. The summed E-state index contributed by atoms with van der Waals surface area (Å²) in [6, 6.07) is 4.50. The number of nitrogens with zero attached hydrogens (tertiary/aromatic N) is 2. The van der Waals surface area contributed by atoms with Crippen LogP contribution in [0.5, 0.6) is 0 Å². The summed E-state index contributed by atoms with van der Waals surface area (Å²) < 4.78 is 14.6. The number of pyridine rings is 1. The van der Waals surface area contributed by atoms with Gasteiger partial charge in [-0.3, -0.25) is 9.59 Å². The summed E-state index contributed by atoms with van der Waals surface area (Å²) >= 11 is 6.35. The van der Waals surface area contributed by atoms with Gasteiger partial charge in [-0.05, 0) is 56.9 Å². The summed E-state index contributed by atoms with van der Waals surface area (Å²) in [6.45, 7) is 5.26. The summed E-state index contributed by atoms with van der Waals surface area (Å²) in [4.78, 5) is 28.4. The van der Waals surface area contributed by atoms with E-state index in [2.05, 4.69) is 26.0 Å². The Bertz CT molecular complexity index is 1060. The average molecular weight is 475 g/mol. The third-order valence-electron chi connectivity index (χ3n) is 5.49. The van der Waals surface area contributed by atoms with E-state index in [1.54, 1.807) is 12.1 Å². The first-order valence-electron chi connectivity index (χ1n) is 10.9. The van der Waals surface area contributed by atoms with Crippen LogP contribution in [0, 0.1) is 17.3 Å².